The molecule has 0 unspecified atom stereocenters. The maximum atomic E-state index is 11.2. The Balaban J connectivity index is 1.80. The lowest BCUT2D eigenvalue weighted by molar-refractivity contribution is 0.0697. The topological polar surface area (TPSA) is 67.1 Å². The predicted molar refractivity (Wildman–Crippen MR) is 83.9 cm³/mol. The molecule has 2 N–H and O–H groups in total. The SMILES string of the molecule is O=C(O)c1cccc(-n2nc(C3CCCC3)c3c2NCC3)c1. The van der Waals surface area contributed by atoms with E-state index in [-0.39, 0.29) is 0 Å². The lowest BCUT2D eigenvalue weighted by atomic mass is 9.99. The summed E-state index contributed by atoms with van der Waals surface area (Å²) >= 11 is 0. The Morgan fingerprint density at radius 2 is 2.14 bits per heavy atom. The molecule has 2 aromatic rings. The third-order valence-electron chi connectivity index (χ3n) is 4.76. The summed E-state index contributed by atoms with van der Waals surface area (Å²) in [7, 11) is 0. The van der Waals surface area contributed by atoms with Crippen LogP contribution in [-0.2, 0) is 6.42 Å². The molecule has 2 heterocycles. The van der Waals surface area contributed by atoms with Crippen LogP contribution in [0.15, 0.2) is 24.3 Å². The number of nitrogens with zero attached hydrogens (tertiary/aromatic N) is 2. The predicted octanol–water partition coefficient (Wildman–Crippen LogP) is 3.20. The number of aromatic nitrogens is 2. The van der Waals surface area contributed by atoms with Crippen molar-refractivity contribution in [1.82, 2.24) is 9.78 Å². The second-order valence-electron chi connectivity index (χ2n) is 6.14. The summed E-state index contributed by atoms with van der Waals surface area (Å²) in [4.78, 5) is 11.2. The van der Waals surface area contributed by atoms with E-state index in [4.69, 9.17) is 5.10 Å². The van der Waals surface area contributed by atoms with Gasteiger partial charge in [0.05, 0.1) is 16.9 Å². The van der Waals surface area contributed by atoms with Crippen LogP contribution in [0.2, 0.25) is 0 Å². The minimum atomic E-state index is -0.908. The van der Waals surface area contributed by atoms with E-state index in [1.54, 1.807) is 18.2 Å². The summed E-state index contributed by atoms with van der Waals surface area (Å²) < 4.78 is 1.89. The Hall–Kier alpha value is -2.30. The van der Waals surface area contributed by atoms with Crippen LogP contribution >= 0.6 is 0 Å². The van der Waals surface area contributed by atoms with Gasteiger partial charge < -0.3 is 10.4 Å². The zero-order valence-electron chi connectivity index (χ0n) is 12.4. The highest BCUT2D eigenvalue weighted by Gasteiger charge is 2.29. The van der Waals surface area contributed by atoms with Gasteiger partial charge in [-0.05, 0) is 37.5 Å². The molecule has 1 aromatic carbocycles. The van der Waals surface area contributed by atoms with Gasteiger partial charge in [-0.2, -0.15) is 5.10 Å². The Bertz CT molecular complexity index is 730. The zero-order chi connectivity index (χ0) is 15.1. The molecule has 0 bridgehead atoms. The second kappa shape index (κ2) is 5.16. The number of benzene rings is 1. The fourth-order valence-corrected chi connectivity index (χ4v) is 3.69. The summed E-state index contributed by atoms with van der Waals surface area (Å²) in [5, 5.41) is 17.4. The fraction of sp³-hybridized carbons (Fsp3) is 0.412. The number of nitrogens with one attached hydrogen (secondary N) is 1. The first-order valence-corrected chi connectivity index (χ1v) is 7.93. The molecule has 4 rings (SSSR count). The number of hydrogen-bond acceptors (Lipinski definition) is 3. The molecule has 1 saturated carbocycles. The number of carboxylic acid groups (broad SMARTS) is 1. The van der Waals surface area contributed by atoms with Crippen LogP contribution in [0.25, 0.3) is 5.69 Å². The number of carbonyl (C=O) groups is 1. The van der Waals surface area contributed by atoms with E-state index < -0.39 is 5.97 Å². The first-order valence-electron chi connectivity index (χ1n) is 7.93. The monoisotopic (exact) mass is 297 g/mol. The number of fused-ring (bicyclic) bond motifs is 1. The minimum Gasteiger partial charge on any atom is -0.478 e. The Morgan fingerprint density at radius 3 is 2.91 bits per heavy atom. The molecule has 22 heavy (non-hydrogen) atoms. The second-order valence-corrected chi connectivity index (χ2v) is 6.14. The van der Waals surface area contributed by atoms with E-state index in [1.165, 1.54) is 36.9 Å². The molecule has 1 aliphatic heterocycles. The van der Waals surface area contributed by atoms with Crippen molar-refractivity contribution >= 4 is 11.8 Å². The summed E-state index contributed by atoms with van der Waals surface area (Å²) in [6.07, 6.45) is 6.03. The fourth-order valence-electron chi connectivity index (χ4n) is 3.69. The summed E-state index contributed by atoms with van der Waals surface area (Å²) in [5.74, 6) is 0.705. The van der Waals surface area contributed by atoms with Gasteiger partial charge in [0.15, 0.2) is 0 Å². The van der Waals surface area contributed by atoms with Crippen molar-refractivity contribution in [2.45, 2.75) is 38.0 Å². The van der Waals surface area contributed by atoms with Gasteiger partial charge in [-0.1, -0.05) is 18.9 Å². The van der Waals surface area contributed by atoms with E-state index in [0.29, 0.717) is 11.5 Å². The van der Waals surface area contributed by atoms with Gasteiger partial charge in [0.25, 0.3) is 0 Å². The van der Waals surface area contributed by atoms with Crippen molar-refractivity contribution in [3.63, 3.8) is 0 Å². The van der Waals surface area contributed by atoms with Gasteiger partial charge in [0.1, 0.15) is 5.82 Å². The average Bonchev–Trinajstić information content (AvgIpc) is 3.24. The van der Waals surface area contributed by atoms with Crippen molar-refractivity contribution in [1.29, 1.82) is 0 Å². The largest absolute Gasteiger partial charge is 0.478 e. The molecule has 1 fully saturated rings. The van der Waals surface area contributed by atoms with Crippen LogP contribution in [0.3, 0.4) is 0 Å². The van der Waals surface area contributed by atoms with E-state index in [1.807, 2.05) is 10.7 Å². The van der Waals surface area contributed by atoms with Gasteiger partial charge in [0, 0.05) is 18.0 Å². The van der Waals surface area contributed by atoms with E-state index in [9.17, 15) is 9.90 Å². The normalized spacial score (nSPS) is 17.5. The first kappa shape index (κ1) is 13.4. The van der Waals surface area contributed by atoms with Crippen molar-refractivity contribution in [2.24, 2.45) is 0 Å². The molecule has 0 atom stereocenters. The Kier molecular flexibility index (Phi) is 3.13. The van der Waals surface area contributed by atoms with Crippen LogP contribution in [0, 0.1) is 0 Å². The molecule has 114 valence electrons. The van der Waals surface area contributed by atoms with Crippen LogP contribution in [0.5, 0.6) is 0 Å². The Labute approximate surface area is 129 Å². The summed E-state index contributed by atoms with van der Waals surface area (Å²) in [5.41, 5.74) is 3.66. The third kappa shape index (κ3) is 2.08. The summed E-state index contributed by atoms with van der Waals surface area (Å²) in [6.45, 7) is 0.936. The molecular formula is C17H19N3O2. The maximum Gasteiger partial charge on any atom is 0.335 e. The van der Waals surface area contributed by atoms with E-state index in [2.05, 4.69) is 5.32 Å². The van der Waals surface area contributed by atoms with Gasteiger partial charge >= 0.3 is 5.97 Å². The van der Waals surface area contributed by atoms with Crippen LogP contribution in [-0.4, -0.2) is 27.4 Å². The van der Waals surface area contributed by atoms with Gasteiger partial charge in [-0.15, -0.1) is 0 Å². The lowest BCUT2D eigenvalue weighted by Crippen LogP contribution is -2.07. The van der Waals surface area contributed by atoms with Crippen molar-refractivity contribution in [2.75, 3.05) is 11.9 Å². The number of anilines is 1. The number of rotatable bonds is 3. The molecular weight excluding hydrogens is 278 g/mol. The third-order valence-corrected chi connectivity index (χ3v) is 4.76. The highest BCUT2D eigenvalue weighted by Crippen LogP contribution is 2.39. The van der Waals surface area contributed by atoms with E-state index in [0.717, 1.165) is 24.5 Å². The van der Waals surface area contributed by atoms with Crippen molar-refractivity contribution < 1.29 is 9.90 Å². The van der Waals surface area contributed by atoms with Gasteiger partial charge in [-0.3, -0.25) is 0 Å². The van der Waals surface area contributed by atoms with Gasteiger partial charge in [0.2, 0.25) is 0 Å². The lowest BCUT2D eigenvalue weighted by Gasteiger charge is -2.08. The quantitative estimate of drug-likeness (QED) is 0.913. The van der Waals surface area contributed by atoms with Crippen molar-refractivity contribution in [3.8, 4) is 5.69 Å². The molecule has 0 amide bonds. The molecule has 5 nitrogen and oxygen atoms in total. The summed E-state index contributed by atoms with van der Waals surface area (Å²) in [6, 6.07) is 6.99. The molecule has 0 radical (unpaired) electrons. The standard InChI is InChI=1S/C17H19N3O2/c21-17(22)12-6-3-7-13(10-12)20-16-14(8-9-18-16)15(19-20)11-4-1-2-5-11/h3,6-7,10-11,18H,1-2,4-5,8-9H2,(H,21,22). The first-order chi connectivity index (χ1) is 10.7. The number of carboxylic acids is 1. The van der Waals surface area contributed by atoms with Crippen LogP contribution in [0.1, 0.15) is 53.2 Å². The molecule has 5 heteroatoms. The molecule has 0 saturated heterocycles. The highest BCUT2D eigenvalue weighted by molar-refractivity contribution is 5.88. The highest BCUT2D eigenvalue weighted by atomic mass is 16.4. The van der Waals surface area contributed by atoms with Crippen LogP contribution < -0.4 is 5.32 Å². The number of aromatic carboxylic acids is 1. The zero-order valence-corrected chi connectivity index (χ0v) is 12.4. The maximum absolute atomic E-state index is 11.2. The van der Waals surface area contributed by atoms with E-state index >= 15 is 0 Å². The van der Waals surface area contributed by atoms with Crippen molar-refractivity contribution in [3.05, 3.63) is 41.1 Å². The number of hydrogen-bond donors (Lipinski definition) is 2. The molecule has 2 aliphatic rings. The average molecular weight is 297 g/mol. The Morgan fingerprint density at radius 1 is 1.32 bits per heavy atom. The molecule has 1 aliphatic carbocycles. The van der Waals surface area contributed by atoms with Crippen LogP contribution in [0.4, 0.5) is 5.82 Å². The van der Waals surface area contributed by atoms with Gasteiger partial charge in [-0.25, -0.2) is 9.48 Å². The smallest absolute Gasteiger partial charge is 0.335 e. The minimum absolute atomic E-state index is 0.294. The molecule has 1 aromatic heterocycles. The molecule has 0 spiro atoms.